The van der Waals surface area contributed by atoms with Crippen LogP contribution >= 0.6 is 0 Å². The van der Waals surface area contributed by atoms with Gasteiger partial charge in [-0.25, -0.2) is 0 Å². The number of hydrogen-bond donors (Lipinski definition) is 2. The van der Waals surface area contributed by atoms with Crippen LogP contribution in [0.2, 0.25) is 0 Å². The standard InChI is InChI=1S/C8H10N2/c1-2-7-6-9-5-3-8(7)10-4-1/h1-3,5-6,8-10H,4H2. The molecule has 2 N–H and O–H groups in total. The quantitative estimate of drug-likeness (QED) is 0.504. The molecule has 2 heterocycles. The number of hydrogen-bond acceptors (Lipinski definition) is 2. The molecule has 0 fully saturated rings. The Bertz CT molecular complexity index is 213. The number of fused-ring (bicyclic) bond motifs is 1. The molecule has 52 valence electrons. The second-order valence-corrected chi connectivity index (χ2v) is 2.46. The zero-order valence-corrected chi connectivity index (χ0v) is 5.67. The van der Waals surface area contributed by atoms with Gasteiger partial charge in [0, 0.05) is 12.7 Å². The Kier molecular flexibility index (Phi) is 1.32. The zero-order chi connectivity index (χ0) is 6.81. The molecule has 2 rings (SSSR count). The molecule has 0 aromatic carbocycles. The minimum Gasteiger partial charge on any atom is -0.368 e. The van der Waals surface area contributed by atoms with Crippen molar-refractivity contribution >= 4 is 0 Å². The third-order valence-corrected chi connectivity index (χ3v) is 1.76. The van der Waals surface area contributed by atoms with E-state index in [-0.39, 0.29) is 0 Å². The molecule has 2 nitrogen and oxygen atoms in total. The second kappa shape index (κ2) is 2.31. The summed E-state index contributed by atoms with van der Waals surface area (Å²) in [6, 6.07) is 0.436. The summed E-state index contributed by atoms with van der Waals surface area (Å²) in [6.45, 7) is 0.979. The van der Waals surface area contributed by atoms with Gasteiger partial charge in [0.15, 0.2) is 0 Å². The first-order valence-electron chi connectivity index (χ1n) is 3.49. The maximum Gasteiger partial charge on any atom is 0.0540 e. The van der Waals surface area contributed by atoms with Crippen molar-refractivity contribution in [2.75, 3.05) is 6.54 Å². The van der Waals surface area contributed by atoms with Gasteiger partial charge in [-0.3, -0.25) is 0 Å². The van der Waals surface area contributed by atoms with Crippen LogP contribution in [0.3, 0.4) is 0 Å². The first kappa shape index (κ1) is 5.74. The van der Waals surface area contributed by atoms with Crippen LogP contribution < -0.4 is 10.6 Å². The molecule has 2 aliphatic heterocycles. The largest absolute Gasteiger partial charge is 0.368 e. The third-order valence-electron chi connectivity index (χ3n) is 1.76. The molecular formula is C8H10N2. The second-order valence-electron chi connectivity index (χ2n) is 2.46. The number of dihydropyridines is 1. The van der Waals surface area contributed by atoms with Gasteiger partial charge in [0.25, 0.3) is 0 Å². The van der Waals surface area contributed by atoms with E-state index in [1.54, 1.807) is 0 Å². The van der Waals surface area contributed by atoms with Crippen LogP contribution in [0.5, 0.6) is 0 Å². The van der Waals surface area contributed by atoms with Crippen LogP contribution in [-0.2, 0) is 0 Å². The van der Waals surface area contributed by atoms with Gasteiger partial charge >= 0.3 is 0 Å². The van der Waals surface area contributed by atoms with E-state index in [9.17, 15) is 0 Å². The summed E-state index contributed by atoms with van der Waals surface area (Å²) in [6.07, 6.45) is 10.4. The smallest absolute Gasteiger partial charge is 0.0540 e. The minimum atomic E-state index is 0.436. The Morgan fingerprint density at radius 3 is 3.40 bits per heavy atom. The zero-order valence-electron chi connectivity index (χ0n) is 5.67. The van der Waals surface area contributed by atoms with Crippen LogP contribution in [-0.4, -0.2) is 12.6 Å². The molecule has 0 bridgehead atoms. The number of rotatable bonds is 0. The summed E-state index contributed by atoms with van der Waals surface area (Å²) in [5.41, 5.74) is 1.31. The van der Waals surface area contributed by atoms with E-state index in [0.717, 1.165) is 6.54 Å². The van der Waals surface area contributed by atoms with Gasteiger partial charge in [-0.2, -0.15) is 0 Å². The van der Waals surface area contributed by atoms with Crippen molar-refractivity contribution in [1.82, 2.24) is 10.6 Å². The molecule has 0 aromatic heterocycles. The summed E-state index contributed by atoms with van der Waals surface area (Å²) >= 11 is 0. The summed E-state index contributed by atoms with van der Waals surface area (Å²) < 4.78 is 0. The lowest BCUT2D eigenvalue weighted by Gasteiger charge is -2.21. The normalized spacial score (nSPS) is 28.8. The van der Waals surface area contributed by atoms with Crippen LogP contribution in [0.1, 0.15) is 0 Å². The van der Waals surface area contributed by atoms with Crippen molar-refractivity contribution in [3.05, 3.63) is 36.2 Å². The van der Waals surface area contributed by atoms with Crippen molar-refractivity contribution < 1.29 is 0 Å². The van der Waals surface area contributed by atoms with E-state index in [4.69, 9.17) is 0 Å². The summed E-state index contributed by atoms with van der Waals surface area (Å²) in [4.78, 5) is 0. The summed E-state index contributed by atoms with van der Waals surface area (Å²) in [5.74, 6) is 0. The Balaban J connectivity index is 2.26. The predicted octanol–water partition coefficient (Wildman–Crippen LogP) is 0.515. The van der Waals surface area contributed by atoms with Gasteiger partial charge in [0.05, 0.1) is 6.04 Å². The highest BCUT2D eigenvalue weighted by Gasteiger charge is 2.12. The van der Waals surface area contributed by atoms with Crippen LogP contribution in [0, 0.1) is 0 Å². The van der Waals surface area contributed by atoms with Crippen molar-refractivity contribution in [3.63, 3.8) is 0 Å². The highest BCUT2D eigenvalue weighted by molar-refractivity contribution is 5.34. The van der Waals surface area contributed by atoms with E-state index < -0.39 is 0 Å². The Morgan fingerprint density at radius 1 is 1.50 bits per heavy atom. The third kappa shape index (κ3) is 0.866. The molecule has 0 amide bonds. The highest BCUT2D eigenvalue weighted by atomic mass is 14.9. The van der Waals surface area contributed by atoms with Crippen LogP contribution in [0.25, 0.3) is 0 Å². The fraction of sp³-hybridized carbons (Fsp3) is 0.250. The fourth-order valence-electron chi connectivity index (χ4n) is 1.22. The molecule has 0 saturated heterocycles. The predicted molar refractivity (Wildman–Crippen MR) is 41.3 cm³/mol. The maximum absolute atomic E-state index is 3.34. The summed E-state index contributed by atoms with van der Waals surface area (Å²) in [5, 5.41) is 6.39. The molecule has 1 unspecified atom stereocenters. The molecule has 0 spiro atoms. The fourth-order valence-corrected chi connectivity index (χ4v) is 1.22. The lowest BCUT2D eigenvalue weighted by atomic mass is 10.0. The van der Waals surface area contributed by atoms with E-state index in [0.29, 0.717) is 6.04 Å². The van der Waals surface area contributed by atoms with Gasteiger partial charge in [-0.1, -0.05) is 12.2 Å². The minimum absolute atomic E-state index is 0.436. The van der Waals surface area contributed by atoms with E-state index in [1.165, 1.54) is 5.57 Å². The van der Waals surface area contributed by atoms with Crippen molar-refractivity contribution in [2.45, 2.75) is 6.04 Å². The lowest BCUT2D eigenvalue weighted by molar-refractivity contribution is 0.684. The molecule has 0 aliphatic carbocycles. The van der Waals surface area contributed by atoms with Gasteiger partial charge in [0.1, 0.15) is 0 Å². The van der Waals surface area contributed by atoms with Gasteiger partial charge in [0.2, 0.25) is 0 Å². The number of nitrogens with one attached hydrogen (secondary N) is 2. The van der Waals surface area contributed by atoms with Gasteiger partial charge < -0.3 is 10.6 Å². The highest BCUT2D eigenvalue weighted by Crippen LogP contribution is 2.11. The topological polar surface area (TPSA) is 24.1 Å². The average Bonchev–Trinajstić information content (AvgIpc) is 2.05. The Morgan fingerprint density at radius 2 is 2.50 bits per heavy atom. The van der Waals surface area contributed by atoms with E-state index in [2.05, 4.69) is 28.9 Å². The molecular weight excluding hydrogens is 124 g/mol. The van der Waals surface area contributed by atoms with Crippen molar-refractivity contribution in [1.29, 1.82) is 0 Å². The van der Waals surface area contributed by atoms with Gasteiger partial charge in [-0.15, -0.1) is 0 Å². The first-order chi connectivity index (χ1) is 4.97. The molecule has 1 atom stereocenters. The van der Waals surface area contributed by atoms with E-state index >= 15 is 0 Å². The SMILES string of the molecule is C1=CC2=CNC=CC2NC1. The average molecular weight is 134 g/mol. The van der Waals surface area contributed by atoms with Gasteiger partial charge in [-0.05, 0) is 17.8 Å². The summed E-state index contributed by atoms with van der Waals surface area (Å²) in [7, 11) is 0. The molecule has 0 saturated carbocycles. The lowest BCUT2D eigenvalue weighted by Crippen LogP contribution is -2.34. The Hall–Kier alpha value is -1.02. The molecule has 2 heteroatoms. The Labute approximate surface area is 60.3 Å². The molecule has 10 heavy (non-hydrogen) atoms. The first-order valence-corrected chi connectivity index (χ1v) is 3.49. The van der Waals surface area contributed by atoms with Crippen LogP contribution in [0.15, 0.2) is 36.2 Å². The maximum atomic E-state index is 3.34. The molecule has 0 radical (unpaired) electrons. The molecule has 0 aromatic rings. The monoisotopic (exact) mass is 134 g/mol. The van der Waals surface area contributed by atoms with Crippen LogP contribution in [0.4, 0.5) is 0 Å². The van der Waals surface area contributed by atoms with Crippen molar-refractivity contribution in [3.8, 4) is 0 Å². The molecule has 2 aliphatic rings. The van der Waals surface area contributed by atoms with Crippen molar-refractivity contribution in [2.24, 2.45) is 0 Å². The van der Waals surface area contributed by atoms with E-state index in [1.807, 2.05) is 12.4 Å².